The fraction of sp³-hybridized carbons (Fsp3) is 0.630. The number of carbonyl (C=O) groups is 3. The van der Waals surface area contributed by atoms with Gasteiger partial charge in [0.1, 0.15) is 12.1 Å². The van der Waals surface area contributed by atoms with Crippen LogP contribution in [-0.2, 0) is 14.4 Å². The number of nitrogens with one attached hydrogen (secondary N) is 3. The zero-order valence-corrected chi connectivity index (χ0v) is 21.2. The number of hydrogen-bond acceptors (Lipinski definition) is 4. The van der Waals surface area contributed by atoms with Gasteiger partial charge in [0.25, 0.3) is 0 Å². The van der Waals surface area contributed by atoms with Gasteiger partial charge in [0.05, 0.1) is 6.07 Å². The first kappa shape index (κ1) is 29.2. The van der Waals surface area contributed by atoms with Crippen molar-refractivity contribution in [3.05, 3.63) is 35.9 Å². The van der Waals surface area contributed by atoms with Crippen LogP contribution in [-0.4, -0.2) is 36.3 Å². The Labute approximate surface area is 205 Å². The van der Waals surface area contributed by atoms with E-state index in [1.54, 1.807) is 6.92 Å². The van der Waals surface area contributed by atoms with Gasteiger partial charge in [-0.15, -0.1) is 0 Å². The van der Waals surface area contributed by atoms with Gasteiger partial charge >= 0.3 is 0 Å². The molecule has 1 fully saturated rings. The predicted molar refractivity (Wildman–Crippen MR) is 135 cm³/mol. The Kier molecular flexibility index (Phi) is 14.3. The molecular formula is C27H42N4O3. The first-order valence-electron chi connectivity index (χ1n) is 12.5. The van der Waals surface area contributed by atoms with E-state index in [-0.39, 0.29) is 23.6 Å². The van der Waals surface area contributed by atoms with Gasteiger partial charge in [-0.1, -0.05) is 69.0 Å². The summed E-state index contributed by atoms with van der Waals surface area (Å²) in [5, 5.41) is 17.1. The Morgan fingerprint density at radius 1 is 1.09 bits per heavy atom. The van der Waals surface area contributed by atoms with E-state index in [9.17, 15) is 14.4 Å². The van der Waals surface area contributed by atoms with Crippen LogP contribution >= 0.6 is 0 Å². The van der Waals surface area contributed by atoms with Crippen LogP contribution in [0.1, 0.15) is 77.7 Å². The van der Waals surface area contributed by atoms with Crippen molar-refractivity contribution in [2.75, 3.05) is 6.54 Å². The van der Waals surface area contributed by atoms with Crippen LogP contribution in [0, 0.1) is 30.1 Å². The Hall–Kier alpha value is -2.88. The van der Waals surface area contributed by atoms with Crippen molar-refractivity contribution in [2.24, 2.45) is 11.8 Å². The second-order valence-corrected chi connectivity index (χ2v) is 9.59. The Balaban J connectivity index is 0.000000700. The lowest BCUT2D eigenvalue weighted by molar-refractivity contribution is -0.129. The summed E-state index contributed by atoms with van der Waals surface area (Å²) in [5.74, 6) is 0.458. The van der Waals surface area contributed by atoms with E-state index in [1.807, 2.05) is 38.1 Å². The van der Waals surface area contributed by atoms with E-state index in [0.29, 0.717) is 25.2 Å². The number of nitriles is 1. The molecule has 1 saturated heterocycles. The predicted octanol–water partition coefficient (Wildman–Crippen LogP) is 4.02. The lowest BCUT2D eigenvalue weighted by atomic mass is 9.99. The maximum atomic E-state index is 12.2. The SMILES string of the molecule is CC(C)CC(NC(=O)CCCCCC[C@H]1CNC(=O)C1)C(=O)NC(C)C#N.Cc1ccccc1. The Morgan fingerprint density at radius 2 is 1.76 bits per heavy atom. The average Bonchev–Trinajstić information content (AvgIpc) is 3.21. The van der Waals surface area contributed by atoms with Crippen molar-refractivity contribution in [3.8, 4) is 6.07 Å². The van der Waals surface area contributed by atoms with Gasteiger partial charge in [-0.25, -0.2) is 0 Å². The summed E-state index contributed by atoms with van der Waals surface area (Å²) < 4.78 is 0. The Bertz CT molecular complexity index is 789. The molecule has 7 nitrogen and oxygen atoms in total. The number of rotatable bonds is 12. The molecule has 0 aromatic heterocycles. The molecule has 34 heavy (non-hydrogen) atoms. The van der Waals surface area contributed by atoms with Crippen molar-refractivity contribution >= 4 is 17.7 Å². The third kappa shape index (κ3) is 13.6. The van der Waals surface area contributed by atoms with Crippen LogP contribution in [0.15, 0.2) is 30.3 Å². The zero-order valence-electron chi connectivity index (χ0n) is 21.2. The fourth-order valence-corrected chi connectivity index (χ4v) is 3.79. The molecule has 0 aliphatic carbocycles. The number of aryl methyl sites for hydroxylation is 1. The number of nitrogens with zero attached hydrogens (tertiary/aromatic N) is 1. The van der Waals surface area contributed by atoms with Crippen LogP contribution in [0.3, 0.4) is 0 Å². The molecule has 1 aliphatic rings. The summed E-state index contributed by atoms with van der Waals surface area (Å²) in [6.07, 6.45) is 6.53. The van der Waals surface area contributed by atoms with Gasteiger partial charge in [0, 0.05) is 19.4 Å². The molecule has 1 aromatic rings. The van der Waals surface area contributed by atoms with E-state index in [1.165, 1.54) is 5.56 Å². The molecule has 1 aromatic carbocycles. The zero-order chi connectivity index (χ0) is 25.3. The molecule has 2 rings (SSSR count). The van der Waals surface area contributed by atoms with E-state index in [0.717, 1.165) is 38.6 Å². The third-order valence-electron chi connectivity index (χ3n) is 5.68. The molecule has 1 aliphatic heterocycles. The van der Waals surface area contributed by atoms with Crippen molar-refractivity contribution in [1.82, 2.24) is 16.0 Å². The first-order valence-corrected chi connectivity index (χ1v) is 12.5. The lowest BCUT2D eigenvalue weighted by Gasteiger charge is -2.21. The molecule has 7 heteroatoms. The van der Waals surface area contributed by atoms with Crippen LogP contribution in [0.2, 0.25) is 0 Å². The Morgan fingerprint density at radius 3 is 2.29 bits per heavy atom. The van der Waals surface area contributed by atoms with Gasteiger partial charge in [0.2, 0.25) is 17.7 Å². The number of benzene rings is 1. The number of amides is 3. The fourth-order valence-electron chi connectivity index (χ4n) is 3.79. The van der Waals surface area contributed by atoms with Gasteiger partial charge in [-0.05, 0) is 44.9 Å². The summed E-state index contributed by atoms with van der Waals surface area (Å²) in [4.78, 5) is 35.6. The highest BCUT2D eigenvalue weighted by atomic mass is 16.2. The maximum Gasteiger partial charge on any atom is 0.243 e. The minimum atomic E-state index is -0.597. The number of unbranched alkanes of at least 4 members (excludes halogenated alkanes) is 3. The maximum absolute atomic E-state index is 12.2. The summed E-state index contributed by atoms with van der Waals surface area (Å²) in [7, 11) is 0. The van der Waals surface area contributed by atoms with E-state index in [4.69, 9.17) is 5.26 Å². The van der Waals surface area contributed by atoms with Gasteiger partial charge < -0.3 is 16.0 Å². The lowest BCUT2D eigenvalue weighted by Crippen LogP contribution is -2.49. The van der Waals surface area contributed by atoms with Crippen molar-refractivity contribution in [2.45, 2.75) is 91.1 Å². The topological polar surface area (TPSA) is 111 Å². The molecule has 3 atom stereocenters. The number of hydrogen-bond donors (Lipinski definition) is 3. The molecule has 0 radical (unpaired) electrons. The monoisotopic (exact) mass is 470 g/mol. The van der Waals surface area contributed by atoms with Crippen molar-refractivity contribution < 1.29 is 14.4 Å². The van der Waals surface area contributed by atoms with Crippen LogP contribution in [0.25, 0.3) is 0 Å². The van der Waals surface area contributed by atoms with Gasteiger partial charge in [-0.2, -0.15) is 5.26 Å². The highest BCUT2D eigenvalue weighted by Crippen LogP contribution is 2.18. The van der Waals surface area contributed by atoms with E-state index < -0.39 is 12.1 Å². The largest absolute Gasteiger partial charge is 0.356 e. The average molecular weight is 471 g/mol. The molecule has 188 valence electrons. The molecular weight excluding hydrogens is 428 g/mol. The summed E-state index contributed by atoms with van der Waals surface area (Å²) in [6.45, 7) is 8.48. The summed E-state index contributed by atoms with van der Waals surface area (Å²) >= 11 is 0. The standard InChI is InChI=1S/C20H34N4O3.C7H8/c1-14(2)10-17(20(27)23-15(3)12-21)24-18(25)9-7-5-4-6-8-16-11-19(26)22-13-16;1-7-5-3-2-4-6-7/h14-17H,4-11,13H2,1-3H3,(H,22,26)(H,23,27)(H,24,25);2-6H,1H3/t15?,16-,17?;/m1./s1. The normalized spacial score (nSPS) is 16.5. The number of carbonyl (C=O) groups excluding carboxylic acids is 3. The molecule has 3 amide bonds. The second-order valence-electron chi connectivity index (χ2n) is 9.59. The molecule has 2 unspecified atom stereocenters. The van der Waals surface area contributed by atoms with Gasteiger partial charge in [0.15, 0.2) is 0 Å². The molecule has 3 N–H and O–H groups in total. The van der Waals surface area contributed by atoms with Gasteiger partial charge in [-0.3, -0.25) is 14.4 Å². The van der Waals surface area contributed by atoms with Crippen LogP contribution < -0.4 is 16.0 Å². The second kappa shape index (κ2) is 16.7. The quantitative estimate of drug-likeness (QED) is 0.401. The molecule has 0 spiro atoms. The molecule has 0 bridgehead atoms. The van der Waals surface area contributed by atoms with Crippen LogP contribution in [0.5, 0.6) is 0 Å². The summed E-state index contributed by atoms with van der Waals surface area (Å²) in [5.41, 5.74) is 1.32. The molecule has 0 saturated carbocycles. The smallest absolute Gasteiger partial charge is 0.243 e. The van der Waals surface area contributed by atoms with Crippen LogP contribution in [0.4, 0.5) is 0 Å². The van der Waals surface area contributed by atoms with E-state index in [2.05, 4.69) is 35.0 Å². The van der Waals surface area contributed by atoms with E-state index >= 15 is 0 Å². The minimum Gasteiger partial charge on any atom is -0.356 e. The minimum absolute atomic E-state index is 0.119. The third-order valence-corrected chi connectivity index (χ3v) is 5.68. The first-order chi connectivity index (χ1) is 16.2. The summed E-state index contributed by atoms with van der Waals surface area (Å²) in [6, 6.07) is 11.1. The highest BCUT2D eigenvalue weighted by molar-refractivity contribution is 5.87. The van der Waals surface area contributed by atoms with Crippen molar-refractivity contribution in [3.63, 3.8) is 0 Å². The highest BCUT2D eigenvalue weighted by Gasteiger charge is 2.23. The van der Waals surface area contributed by atoms with Crippen molar-refractivity contribution in [1.29, 1.82) is 5.26 Å². The molecule has 1 heterocycles.